The highest BCUT2D eigenvalue weighted by molar-refractivity contribution is 6.42. The first kappa shape index (κ1) is 19.3. The maximum atomic E-state index is 6.08. The van der Waals surface area contributed by atoms with Gasteiger partial charge in [-0.2, -0.15) is 4.98 Å². The Morgan fingerprint density at radius 2 is 1.78 bits per heavy atom. The Labute approximate surface area is 172 Å². The number of halogens is 3. The van der Waals surface area contributed by atoms with E-state index in [4.69, 9.17) is 27.6 Å². The Hall–Kier alpha value is -2.47. The summed E-state index contributed by atoms with van der Waals surface area (Å²) in [6.07, 6.45) is 1.65. The van der Waals surface area contributed by atoms with Crippen LogP contribution in [0.25, 0.3) is 10.9 Å². The summed E-state index contributed by atoms with van der Waals surface area (Å²) in [7, 11) is 0. The Morgan fingerprint density at radius 1 is 0.926 bits per heavy atom. The average Bonchev–Trinajstić information content (AvgIpc) is 3.16. The molecule has 8 heteroatoms. The summed E-state index contributed by atoms with van der Waals surface area (Å²) in [6, 6.07) is 16.9. The number of hydrogen-bond donors (Lipinski definition) is 2. The first-order valence-electron chi connectivity index (χ1n) is 7.94. The van der Waals surface area contributed by atoms with Crippen molar-refractivity contribution in [1.82, 2.24) is 9.97 Å². The van der Waals surface area contributed by atoms with Crippen molar-refractivity contribution in [3.8, 4) is 0 Å². The molecule has 138 valence electrons. The van der Waals surface area contributed by atoms with Gasteiger partial charge in [0, 0.05) is 11.1 Å². The van der Waals surface area contributed by atoms with Crippen molar-refractivity contribution in [3.05, 3.63) is 76.7 Å². The van der Waals surface area contributed by atoms with Crippen LogP contribution in [0.4, 0.5) is 17.5 Å². The standard InChI is InChI=1S/C19H14Cl2N4O.ClH/c20-15-8-7-12(10-16(15)21)23-19-24-17-6-2-1-5-14(17)18(25-19)22-11-13-4-3-9-26-13;/h1-10H,11H2,(H2,22,23,24,25);1H. The number of fused-ring (bicyclic) bond motifs is 1. The van der Waals surface area contributed by atoms with Gasteiger partial charge in [-0.05, 0) is 42.5 Å². The van der Waals surface area contributed by atoms with Gasteiger partial charge in [0.2, 0.25) is 5.95 Å². The van der Waals surface area contributed by atoms with Crippen LogP contribution in [0.5, 0.6) is 0 Å². The fourth-order valence-corrected chi connectivity index (χ4v) is 2.85. The topological polar surface area (TPSA) is 63.0 Å². The van der Waals surface area contributed by atoms with Gasteiger partial charge in [0.05, 0.1) is 28.4 Å². The Morgan fingerprint density at radius 3 is 2.56 bits per heavy atom. The monoisotopic (exact) mass is 420 g/mol. The molecule has 2 N–H and O–H groups in total. The van der Waals surface area contributed by atoms with Gasteiger partial charge in [-0.3, -0.25) is 0 Å². The number of hydrogen-bond acceptors (Lipinski definition) is 5. The van der Waals surface area contributed by atoms with E-state index >= 15 is 0 Å². The van der Waals surface area contributed by atoms with Crippen LogP contribution in [0, 0.1) is 0 Å². The molecule has 0 unspecified atom stereocenters. The summed E-state index contributed by atoms with van der Waals surface area (Å²) in [5, 5.41) is 8.37. The third-order valence-corrected chi connectivity index (χ3v) is 4.53. The second kappa shape index (κ2) is 8.48. The van der Waals surface area contributed by atoms with Crippen LogP contribution in [0.15, 0.2) is 65.3 Å². The zero-order valence-corrected chi connectivity index (χ0v) is 16.3. The smallest absolute Gasteiger partial charge is 0.229 e. The molecule has 4 aromatic rings. The minimum absolute atomic E-state index is 0. The molecule has 0 spiro atoms. The number of benzene rings is 2. The molecule has 0 saturated carbocycles. The highest BCUT2D eigenvalue weighted by atomic mass is 35.5. The lowest BCUT2D eigenvalue weighted by molar-refractivity contribution is 0.518. The molecule has 0 saturated heterocycles. The number of furan rings is 1. The lowest BCUT2D eigenvalue weighted by Gasteiger charge is -2.11. The SMILES string of the molecule is Cl.Clc1ccc(Nc2nc(NCc3ccco3)c3ccccc3n2)cc1Cl. The molecule has 2 heterocycles. The Balaban J connectivity index is 0.00000210. The zero-order chi connectivity index (χ0) is 17.9. The van der Waals surface area contributed by atoms with Crippen molar-refractivity contribution in [2.24, 2.45) is 0 Å². The fraction of sp³-hybridized carbons (Fsp3) is 0.0526. The lowest BCUT2D eigenvalue weighted by atomic mass is 10.2. The second-order valence-electron chi connectivity index (χ2n) is 5.60. The number of aromatic nitrogens is 2. The van der Waals surface area contributed by atoms with Crippen LogP contribution in [-0.4, -0.2) is 9.97 Å². The van der Waals surface area contributed by atoms with Crippen LogP contribution in [0.3, 0.4) is 0 Å². The highest BCUT2D eigenvalue weighted by Gasteiger charge is 2.09. The van der Waals surface area contributed by atoms with Crippen molar-refractivity contribution in [2.75, 3.05) is 10.6 Å². The van der Waals surface area contributed by atoms with Crippen molar-refractivity contribution in [2.45, 2.75) is 6.54 Å². The van der Waals surface area contributed by atoms with Crippen LogP contribution in [0.1, 0.15) is 5.76 Å². The largest absolute Gasteiger partial charge is 0.467 e. The van der Waals surface area contributed by atoms with Crippen molar-refractivity contribution >= 4 is 64.0 Å². The summed E-state index contributed by atoms with van der Waals surface area (Å²) < 4.78 is 5.37. The zero-order valence-electron chi connectivity index (χ0n) is 13.9. The maximum absolute atomic E-state index is 6.08. The average molecular weight is 422 g/mol. The first-order valence-corrected chi connectivity index (χ1v) is 8.70. The van der Waals surface area contributed by atoms with Gasteiger partial charge in [-0.25, -0.2) is 4.98 Å². The van der Waals surface area contributed by atoms with E-state index in [2.05, 4.69) is 20.6 Å². The van der Waals surface area contributed by atoms with Gasteiger partial charge < -0.3 is 15.1 Å². The van der Waals surface area contributed by atoms with Crippen molar-refractivity contribution in [3.63, 3.8) is 0 Å². The van der Waals surface area contributed by atoms with Crippen LogP contribution in [0.2, 0.25) is 10.0 Å². The third-order valence-electron chi connectivity index (χ3n) is 3.79. The summed E-state index contributed by atoms with van der Waals surface area (Å²) >= 11 is 12.0. The summed E-state index contributed by atoms with van der Waals surface area (Å²) in [4.78, 5) is 9.16. The van der Waals surface area contributed by atoms with E-state index in [1.807, 2.05) is 42.5 Å². The molecule has 5 nitrogen and oxygen atoms in total. The van der Waals surface area contributed by atoms with Gasteiger partial charge >= 0.3 is 0 Å². The predicted octanol–water partition coefficient (Wildman–Crippen LogP) is 6.31. The number of para-hydroxylation sites is 1. The Bertz CT molecular complexity index is 1050. The van der Waals surface area contributed by atoms with Crippen LogP contribution >= 0.6 is 35.6 Å². The van der Waals surface area contributed by atoms with Gasteiger partial charge in [0.1, 0.15) is 11.6 Å². The van der Waals surface area contributed by atoms with Crippen LogP contribution in [-0.2, 0) is 6.54 Å². The summed E-state index contributed by atoms with van der Waals surface area (Å²) in [5.41, 5.74) is 1.58. The van der Waals surface area contributed by atoms with Gasteiger partial charge in [-0.1, -0.05) is 35.3 Å². The summed E-state index contributed by atoms with van der Waals surface area (Å²) in [6.45, 7) is 0.528. The van der Waals surface area contributed by atoms with E-state index in [0.29, 0.717) is 22.5 Å². The maximum Gasteiger partial charge on any atom is 0.229 e. The molecule has 0 aliphatic heterocycles. The summed E-state index contributed by atoms with van der Waals surface area (Å²) in [5.74, 6) is 2.00. The predicted molar refractivity (Wildman–Crippen MR) is 113 cm³/mol. The normalized spacial score (nSPS) is 10.4. The van der Waals surface area contributed by atoms with E-state index in [9.17, 15) is 0 Å². The number of nitrogens with one attached hydrogen (secondary N) is 2. The van der Waals surface area contributed by atoms with E-state index in [1.165, 1.54) is 0 Å². The molecule has 0 aliphatic rings. The molecule has 0 amide bonds. The molecule has 4 rings (SSSR count). The fourth-order valence-electron chi connectivity index (χ4n) is 2.55. The molecule has 2 aromatic carbocycles. The molecule has 27 heavy (non-hydrogen) atoms. The Kier molecular flexibility index (Phi) is 6.06. The van der Waals surface area contributed by atoms with Crippen LogP contribution < -0.4 is 10.6 Å². The van der Waals surface area contributed by atoms with E-state index in [0.717, 1.165) is 28.2 Å². The quantitative estimate of drug-likeness (QED) is 0.395. The number of rotatable bonds is 5. The van der Waals surface area contributed by atoms with E-state index in [1.54, 1.807) is 18.4 Å². The minimum Gasteiger partial charge on any atom is -0.467 e. The molecule has 0 aliphatic carbocycles. The first-order chi connectivity index (χ1) is 12.7. The molecular formula is C19H15Cl3N4O. The lowest BCUT2D eigenvalue weighted by Crippen LogP contribution is -2.05. The van der Waals surface area contributed by atoms with Gasteiger partial charge in [-0.15, -0.1) is 12.4 Å². The second-order valence-corrected chi connectivity index (χ2v) is 6.41. The minimum atomic E-state index is 0. The van der Waals surface area contributed by atoms with E-state index in [-0.39, 0.29) is 12.4 Å². The molecular weight excluding hydrogens is 407 g/mol. The van der Waals surface area contributed by atoms with Crippen molar-refractivity contribution < 1.29 is 4.42 Å². The molecule has 2 aromatic heterocycles. The molecule has 0 atom stereocenters. The number of nitrogens with zero attached hydrogens (tertiary/aromatic N) is 2. The van der Waals surface area contributed by atoms with Gasteiger partial charge in [0.25, 0.3) is 0 Å². The molecule has 0 fully saturated rings. The number of anilines is 3. The molecule has 0 radical (unpaired) electrons. The third kappa shape index (κ3) is 4.45. The van der Waals surface area contributed by atoms with E-state index < -0.39 is 0 Å². The van der Waals surface area contributed by atoms with Gasteiger partial charge in [0.15, 0.2) is 0 Å². The molecule has 0 bridgehead atoms. The van der Waals surface area contributed by atoms with Crippen molar-refractivity contribution in [1.29, 1.82) is 0 Å². The highest BCUT2D eigenvalue weighted by Crippen LogP contribution is 2.28.